The van der Waals surface area contributed by atoms with Gasteiger partial charge in [-0.3, -0.25) is 4.79 Å². The molecule has 1 fully saturated rings. The number of amides is 1. The Morgan fingerprint density at radius 3 is 2.42 bits per heavy atom. The highest BCUT2D eigenvalue weighted by atomic mass is 32.2. The Kier molecular flexibility index (Phi) is 5.93. The molecule has 1 amide bonds. The molecule has 0 spiro atoms. The Hall–Kier alpha value is -2.97. The van der Waals surface area contributed by atoms with E-state index in [4.69, 9.17) is 0 Å². The highest BCUT2D eigenvalue weighted by molar-refractivity contribution is 7.89. The molecule has 6 nitrogen and oxygen atoms in total. The number of benzene rings is 3. The van der Waals surface area contributed by atoms with Crippen molar-refractivity contribution in [1.82, 2.24) is 9.21 Å². The fraction of sp³-hybridized carbons (Fsp3) is 0.261. The molecule has 1 aliphatic heterocycles. The van der Waals surface area contributed by atoms with Gasteiger partial charge in [0.1, 0.15) is 5.82 Å². The smallest absolute Gasteiger partial charge is 0.243 e. The minimum Gasteiger partial charge on any atom is -0.376 e. The standard InChI is InChI=1S/C23H24FN3O3S/c1-17-6-8-20(24)15-22(17)25-16-23(28)26-10-12-27(13-11-26)31(29,30)21-9-7-18-4-2-3-5-19(18)14-21/h2-9,14-15,25H,10-13,16H2,1H3. The van der Waals surface area contributed by atoms with E-state index in [1.807, 2.05) is 37.3 Å². The van der Waals surface area contributed by atoms with Gasteiger partial charge in [-0.1, -0.05) is 36.4 Å². The first-order chi connectivity index (χ1) is 14.8. The summed E-state index contributed by atoms with van der Waals surface area (Å²) in [4.78, 5) is 14.4. The molecule has 0 aromatic heterocycles. The molecule has 8 heteroatoms. The van der Waals surface area contributed by atoms with Crippen molar-refractivity contribution in [2.75, 3.05) is 38.0 Å². The number of sulfonamides is 1. The van der Waals surface area contributed by atoms with E-state index in [1.54, 1.807) is 23.1 Å². The zero-order valence-electron chi connectivity index (χ0n) is 17.2. The number of carbonyl (C=O) groups is 1. The summed E-state index contributed by atoms with van der Waals surface area (Å²) in [5.41, 5.74) is 1.42. The summed E-state index contributed by atoms with van der Waals surface area (Å²) >= 11 is 0. The minimum atomic E-state index is -3.63. The third-order valence-electron chi connectivity index (χ3n) is 5.58. The molecule has 1 aliphatic rings. The van der Waals surface area contributed by atoms with Crippen LogP contribution in [0.15, 0.2) is 65.6 Å². The number of halogens is 1. The van der Waals surface area contributed by atoms with Crippen LogP contribution >= 0.6 is 0 Å². The fourth-order valence-corrected chi connectivity index (χ4v) is 5.18. The van der Waals surface area contributed by atoms with Crippen LogP contribution in [0.1, 0.15) is 5.56 Å². The Labute approximate surface area is 181 Å². The number of anilines is 1. The normalized spacial score (nSPS) is 15.2. The maximum Gasteiger partial charge on any atom is 0.243 e. The number of aryl methyl sites for hydroxylation is 1. The largest absolute Gasteiger partial charge is 0.376 e. The van der Waals surface area contributed by atoms with Crippen LogP contribution in [0.5, 0.6) is 0 Å². The van der Waals surface area contributed by atoms with Crippen molar-refractivity contribution in [2.24, 2.45) is 0 Å². The first-order valence-corrected chi connectivity index (χ1v) is 11.6. The molecular formula is C23H24FN3O3S. The summed E-state index contributed by atoms with van der Waals surface area (Å²) in [6, 6.07) is 17.1. The van der Waals surface area contributed by atoms with Crippen LogP contribution in [-0.2, 0) is 14.8 Å². The number of rotatable bonds is 5. The predicted molar refractivity (Wildman–Crippen MR) is 119 cm³/mol. The van der Waals surface area contributed by atoms with Crippen LogP contribution in [-0.4, -0.2) is 56.3 Å². The fourth-order valence-electron chi connectivity index (χ4n) is 3.72. The first kappa shape index (κ1) is 21.3. The van der Waals surface area contributed by atoms with E-state index >= 15 is 0 Å². The van der Waals surface area contributed by atoms with E-state index in [1.165, 1.54) is 16.4 Å². The second kappa shape index (κ2) is 8.64. The van der Waals surface area contributed by atoms with Gasteiger partial charge in [-0.05, 0) is 47.5 Å². The van der Waals surface area contributed by atoms with Gasteiger partial charge in [0, 0.05) is 31.9 Å². The van der Waals surface area contributed by atoms with Gasteiger partial charge in [-0.25, -0.2) is 12.8 Å². The van der Waals surface area contributed by atoms with E-state index in [2.05, 4.69) is 5.32 Å². The molecule has 1 heterocycles. The summed E-state index contributed by atoms with van der Waals surface area (Å²) < 4.78 is 41.0. The summed E-state index contributed by atoms with van der Waals surface area (Å²) in [6.07, 6.45) is 0. The van der Waals surface area contributed by atoms with Crippen LogP contribution in [0.25, 0.3) is 10.8 Å². The van der Waals surface area contributed by atoms with Crippen molar-refractivity contribution in [2.45, 2.75) is 11.8 Å². The SMILES string of the molecule is Cc1ccc(F)cc1NCC(=O)N1CCN(S(=O)(=O)c2ccc3ccccc3c2)CC1. The van der Waals surface area contributed by atoms with Crippen molar-refractivity contribution in [1.29, 1.82) is 0 Å². The maximum atomic E-state index is 13.4. The average molecular weight is 442 g/mol. The van der Waals surface area contributed by atoms with Crippen molar-refractivity contribution in [3.05, 3.63) is 72.0 Å². The quantitative estimate of drug-likeness (QED) is 0.660. The predicted octanol–water partition coefficient (Wildman–Crippen LogP) is 3.23. The molecular weight excluding hydrogens is 417 g/mol. The number of nitrogens with zero attached hydrogens (tertiary/aromatic N) is 2. The van der Waals surface area contributed by atoms with E-state index < -0.39 is 10.0 Å². The minimum absolute atomic E-state index is 0.0295. The lowest BCUT2D eigenvalue weighted by molar-refractivity contribution is -0.130. The lowest BCUT2D eigenvalue weighted by Gasteiger charge is -2.34. The molecule has 31 heavy (non-hydrogen) atoms. The highest BCUT2D eigenvalue weighted by Crippen LogP contribution is 2.23. The third kappa shape index (κ3) is 4.55. The van der Waals surface area contributed by atoms with Crippen molar-refractivity contribution in [3.8, 4) is 0 Å². The second-order valence-electron chi connectivity index (χ2n) is 7.61. The van der Waals surface area contributed by atoms with Gasteiger partial charge >= 0.3 is 0 Å². The number of fused-ring (bicyclic) bond motifs is 1. The lowest BCUT2D eigenvalue weighted by atomic mass is 10.1. The van der Waals surface area contributed by atoms with Crippen molar-refractivity contribution < 1.29 is 17.6 Å². The van der Waals surface area contributed by atoms with Gasteiger partial charge in [-0.2, -0.15) is 4.31 Å². The zero-order chi connectivity index (χ0) is 22.0. The first-order valence-electron chi connectivity index (χ1n) is 10.1. The van der Waals surface area contributed by atoms with Gasteiger partial charge in [0.2, 0.25) is 15.9 Å². The van der Waals surface area contributed by atoms with E-state index in [0.29, 0.717) is 18.8 Å². The molecule has 0 radical (unpaired) electrons. The van der Waals surface area contributed by atoms with E-state index in [0.717, 1.165) is 16.3 Å². The summed E-state index contributed by atoms with van der Waals surface area (Å²) in [5, 5.41) is 4.83. The number of hydrogen-bond acceptors (Lipinski definition) is 4. The highest BCUT2D eigenvalue weighted by Gasteiger charge is 2.30. The monoisotopic (exact) mass is 441 g/mol. The van der Waals surface area contributed by atoms with E-state index in [9.17, 15) is 17.6 Å². The second-order valence-corrected chi connectivity index (χ2v) is 9.54. The molecule has 0 unspecified atom stereocenters. The molecule has 0 saturated carbocycles. The Bertz CT molecular complexity index is 1220. The molecule has 3 aromatic rings. The topological polar surface area (TPSA) is 69.7 Å². The molecule has 0 aliphatic carbocycles. The van der Waals surface area contributed by atoms with Crippen LogP contribution in [0, 0.1) is 12.7 Å². The molecule has 4 rings (SSSR count). The summed E-state index contributed by atoms with van der Waals surface area (Å²) in [7, 11) is -3.63. The molecule has 162 valence electrons. The molecule has 0 atom stereocenters. The van der Waals surface area contributed by atoms with Gasteiger partial charge in [0.25, 0.3) is 0 Å². The van der Waals surface area contributed by atoms with E-state index in [-0.39, 0.29) is 36.3 Å². The zero-order valence-corrected chi connectivity index (χ0v) is 18.0. The van der Waals surface area contributed by atoms with Crippen LogP contribution < -0.4 is 5.32 Å². The van der Waals surface area contributed by atoms with Crippen molar-refractivity contribution >= 4 is 32.4 Å². The molecule has 3 aromatic carbocycles. The Balaban J connectivity index is 1.38. The van der Waals surface area contributed by atoms with Gasteiger partial charge < -0.3 is 10.2 Å². The number of carbonyl (C=O) groups excluding carboxylic acids is 1. The molecule has 1 saturated heterocycles. The lowest BCUT2D eigenvalue weighted by Crippen LogP contribution is -2.51. The van der Waals surface area contributed by atoms with Gasteiger partial charge in [-0.15, -0.1) is 0 Å². The van der Waals surface area contributed by atoms with Crippen molar-refractivity contribution in [3.63, 3.8) is 0 Å². The molecule has 0 bridgehead atoms. The summed E-state index contributed by atoms with van der Waals surface area (Å²) in [6.45, 7) is 2.97. The maximum absolute atomic E-state index is 13.4. The number of nitrogens with one attached hydrogen (secondary N) is 1. The Morgan fingerprint density at radius 2 is 1.68 bits per heavy atom. The number of piperazine rings is 1. The average Bonchev–Trinajstić information content (AvgIpc) is 2.79. The number of hydrogen-bond donors (Lipinski definition) is 1. The molecule has 1 N–H and O–H groups in total. The van der Waals surface area contributed by atoms with Crippen LogP contribution in [0.3, 0.4) is 0 Å². The summed E-state index contributed by atoms with van der Waals surface area (Å²) in [5.74, 6) is -0.514. The van der Waals surface area contributed by atoms with Crippen LogP contribution in [0.4, 0.5) is 10.1 Å². The van der Waals surface area contributed by atoms with Crippen LogP contribution in [0.2, 0.25) is 0 Å². The van der Waals surface area contributed by atoms with Gasteiger partial charge in [0.15, 0.2) is 0 Å². The third-order valence-corrected chi connectivity index (χ3v) is 7.47. The van der Waals surface area contributed by atoms with Gasteiger partial charge in [0.05, 0.1) is 11.4 Å². The Morgan fingerprint density at radius 1 is 0.968 bits per heavy atom.